The minimum Gasteiger partial charge on any atom is -0.325 e. The molecule has 3 rings (SSSR count). The number of benzene rings is 1. The summed E-state index contributed by atoms with van der Waals surface area (Å²) >= 11 is 1.14. The maximum atomic E-state index is 12.8. The maximum absolute atomic E-state index is 12.8. The number of anilines is 1. The molecule has 1 N–H and O–H groups in total. The SMILES string of the molecule is O=C(CSC1=NC(=O)C2CCCCC2=N1)Nc1ccc(F)cc1. The molecule has 5 nitrogen and oxygen atoms in total. The predicted octanol–water partition coefficient (Wildman–Crippen LogP) is 3.02. The smallest absolute Gasteiger partial charge is 0.256 e. The van der Waals surface area contributed by atoms with Crippen molar-refractivity contribution in [3.8, 4) is 0 Å². The van der Waals surface area contributed by atoms with E-state index in [9.17, 15) is 14.0 Å². The zero-order chi connectivity index (χ0) is 16.2. The van der Waals surface area contributed by atoms with Crippen LogP contribution in [0.1, 0.15) is 25.7 Å². The third-order valence-corrected chi connectivity index (χ3v) is 4.63. The van der Waals surface area contributed by atoms with E-state index in [0.717, 1.165) is 43.2 Å². The van der Waals surface area contributed by atoms with Gasteiger partial charge in [-0.25, -0.2) is 9.38 Å². The summed E-state index contributed by atoms with van der Waals surface area (Å²) in [6.45, 7) is 0. The molecule has 2 amide bonds. The third-order valence-electron chi connectivity index (χ3n) is 3.78. The molecule has 0 saturated heterocycles. The number of thioether (sulfide) groups is 1. The summed E-state index contributed by atoms with van der Waals surface area (Å²) in [7, 11) is 0. The molecule has 1 fully saturated rings. The summed E-state index contributed by atoms with van der Waals surface area (Å²) < 4.78 is 12.8. The van der Waals surface area contributed by atoms with E-state index in [-0.39, 0.29) is 29.3 Å². The standard InChI is InChI=1S/C16H16FN3O2S/c17-10-5-7-11(8-6-10)18-14(21)9-23-16-19-13-4-2-1-3-12(13)15(22)20-16/h5-8,12H,1-4,9H2,(H,18,21). The molecule has 7 heteroatoms. The molecule has 120 valence electrons. The molecular formula is C16H16FN3O2S. The monoisotopic (exact) mass is 333 g/mol. The number of nitrogens with one attached hydrogen (secondary N) is 1. The second-order valence-electron chi connectivity index (χ2n) is 5.48. The lowest BCUT2D eigenvalue weighted by Crippen LogP contribution is -2.30. The summed E-state index contributed by atoms with van der Waals surface area (Å²) in [5.41, 5.74) is 1.43. The van der Waals surface area contributed by atoms with Crippen molar-refractivity contribution in [2.24, 2.45) is 15.9 Å². The molecule has 0 bridgehead atoms. The highest BCUT2D eigenvalue weighted by Gasteiger charge is 2.30. The highest BCUT2D eigenvalue weighted by atomic mass is 32.2. The van der Waals surface area contributed by atoms with Gasteiger partial charge in [0.1, 0.15) is 5.82 Å². The number of amidine groups is 1. The Morgan fingerprint density at radius 1 is 1.26 bits per heavy atom. The highest BCUT2D eigenvalue weighted by molar-refractivity contribution is 8.14. The fourth-order valence-corrected chi connectivity index (χ4v) is 3.31. The largest absolute Gasteiger partial charge is 0.325 e. The van der Waals surface area contributed by atoms with Crippen LogP contribution in [-0.2, 0) is 9.59 Å². The lowest BCUT2D eigenvalue weighted by molar-refractivity contribution is -0.120. The van der Waals surface area contributed by atoms with E-state index in [1.807, 2.05) is 0 Å². The molecule has 1 heterocycles. The van der Waals surface area contributed by atoms with Gasteiger partial charge in [0.25, 0.3) is 5.91 Å². The number of nitrogens with zero attached hydrogens (tertiary/aromatic N) is 2. The Balaban J connectivity index is 1.55. The average Bonchev–Trinajstić information content (AvgIpc) is 2.55. The van der Waals surface area contributed by atoms with Crippen molar-refractivity contribution >= 4 is 40.1 Å². The van der Waals surface area contributed by atoms with E-state index >= 15 is 0 Å². The Kier molecular flexibility index (Phi) is 4.85. The van der Waals surface area contributed by atoms with Gasteiger partial charge < -0.3 is 5.32 Å². The van der Waals surface area contributed by atoms with Crippen molar-refractivity contribution in [1.82, 2.24) is 0 Å². The van der Waals surface area contributed by atoms with Crippen LogP contribution in [0, 0.1) is 11.7 Å². The second kappa shape index (κ2) is 7.04. The topological polar surface area (TPSA) is 70.9 Å². The third kappa shape index (κ3) is 4.04. The molecule has 1 saturated carbocycles. The van der Waals surface area contributed by atoms with Crippen molar-refractivity contribution in [1.29, 1.82) is 0 Å². The fraction of sp³-hybridized carbons (Fsp3) is 0.375. The van der Waals surface area contributed by atoms with Crippen LogP contribution >= 0.6 is 11.8 Å². The van der Waals surface area contributed by atoms with E-state index in [1.54, 1.807) is 0 Å². The fourth-order valence-electron chi connectivity index (χ4n) is 2.64. The highest BCUT2D eigenvalue weighted by Crippen LogP contribution is 2.27. The molecule has 2 aliphatic rings. The van der Waals surface area contributed by atoms with Gasteiger partial charge >= 0.3 is 0 Å². The predicted molar refractivity (Wildman–Crippen MR) is 89.3 cm³/mol. The molecule has 1 aliphatic carbocycles. The van der Waals surface area contributed by atoms with Crippen LogP contribution in [0.15, 0.2) is 34.3 Å². The first kappa shape index (κ1) is 15.9. The van der Waals surface area contributed by atoms with Crippen LogP contribution in [0.3, 0.4) is 0 Å². The van der Waals surface area contributed by atoms with Crippen molar-refractivity contribution in [2.75, 3.05) is 11.1 Å². The van der Waals surface area contributed by atoms with Crippen LogP contribution in [0.5, 0.6) is 0 Å². The molecule has 1 aromatic rings. The van der Waals surface area contributed by atoms with Gasteiger partial charge in [0.05, 0.1) is 11.7 Å². The number of amides is 2. The van der Waals surface area contributed by atoms with Crippen LogP contribution in [0.25, 0.3) is 0 Å². The molecule has 1 aliphatic heterocycles. The maximum Gasteiger partial charge on any atom is 0.256 e. The number of aliphatic imine (C=N–C) groups is 2. The zero-order valence-electron chi connectivity index (χ0n) is 12.4. The van der Waals surface area contributed by atoms with Crippen LogP contribution in [0.4, 0.5) is 10.1 Å². The Morgan fingerprint density at radius 3 is 2.83 bits per heavy atom. The lowest BCUT2D eigenvalue weighted by Gasteiger charge is -2.24. The summed E-state index contributed by atoms with van der Waals surface area (Å²) in [6, 6.07) is 5.54. The number of halogens is 1. The Hall–Kier alpha value is -2.02. The van der Waals surface area contributed by atoms with Gasteiger partial charge in [-0.15, -0.1) is 0 Å². The number of hydrogen-bond acceptors (Lipinski definition) is 4. The molecule has 0 aromatic heterocycles. The van der Waals surface area contributed by atoms with E-state index in [4.69, 9.17) is 0 Å². The summed E-state index contributed by atoms with van der Waals surface area (Å²) in [6.07, 6.45) is 3.74. The molecule has 23 heavy (non-hydrogen) atoms. The van der Waals surface area contributed by atoms with Crippen LogP contribution in [0.2, 0.25) is 0 Å². The first-order chi connectivity index (χ1) is 11.1. The van der Waals surface area contributed by atoms with Crippen molar-refractivity contribution in [3.63, 3.8) is 0 Å². The Morgan fingerprint density at radius 2 is 2.04 bits per heavy atom. The number of fused-ring (bicyclic) bond motifs is 1. The first-order valence-corrected chi connectivity index (χ1v) is 8.48. The van der Waals surface area contributed by atoms with E-state index in [2.05, 4.69) is 15.3 Å². The van der Waals surface area contributed by atoms with Crippen molar-refractivity contribution < 1.29 is 14.0 Å². The van der Waals surface area contributed by atoms with E-state index in [1.165, 1.54) is 24.3 Å². The molecule has 1 unspecified atom stereocenters. The Labute approximate surface area is 137 Å². The molecule has 0 radical (unpaired) electrons. The minimum absolute atomic E-state index is 0.102. The lowest BCUT2D eigenvalue weighted by atomic mass is 9.86. The van der Waals surface area contributed by atoms with E-state index < -0.39 is 0 Å². The quantitative estimate of drug-likeness (QED) is 0.924. The van der Waals surface area contributed by atoms with Gasteiger partial charge in [-0.2, -0.15) is 4.99 Å². The molecule has 0 spiro atoms. The normalized spacial score (nSPS) is 20.4. The number of carbonyl (C=O) groups excluding carboxylic acids is 2. The minimum atomic E-state index is -0.356. The summed E-state index contributed by atoms with van der Waals surface area (Å²) in [5, 5.41) is 3.02. The number of carbonyl (C=O) groups is 2. The van der Waals surface area contributed by atoms with Crippen molar-refractivity contribution in [3.05, 3.63) is 30.1 Å². The van der Waals surface area contributed by atoms with Gasteiger partial charge in [0, 0.05) is 11.4 Å². The van der Waals surface area contributed by atoms with Crippen molar-refractivity contribution in [2.45, 2.75) is 25.7 Å². The zero-order valence-corrected chi connectivity index (χ0v) is 13.2. The first-order valence-electron chi connectivity index (χ1n) is 7.50. The number of hydrogen-bond donors (Lipinski definition) is 1. The summed E-state index contributed by atoms with van der Waals surface area (Å²) in [4.78, 5) is 32.3. The number of rotatable bonds is 3. The molecular weight excluding hydrogens is 317 g/mol. The molecule has 1 atom stereocenters. The van der Waals surface area contributed by atoms with Gasteiger partial charge in [0.15, 0.2) is 5.17 Å². The Bertz CT molecular complexity index is 685. The summed E-state index contributed by atoms with van der Waals surface area (Å²) in [5.74, 6) is -0.796. The van der Waals surface area contributed by atoms with E-state index in [0.29, 0.717) is 10.9 Å². The van der Waals surface area contributed by atoms with Gasteiger partial charge in [0.2, 0.25) is 5.91 Å². The van der Waals surface area contributed by atoms with Gasteiger partial charge in [-0.3, -0.25) is 9.59 Å². The van der Waals surface area contributed by atoms with Gasteiger partial charge in [-0.05, 0) is 43.5 Å². The second-order valence-corrected chi connectivity index (χ2v) is 6.42. The van der Waals surface area contributed by atoms with Crippen LogP contribution in [-0.4, -0.2) is 28.4 Å². The average molecular weight is 333 g/mol. The molecule has 1 aromatic carbocycles. The van der Waals surface area contributed by atoms with Crippen LogP contribution < -0.4 is 5.32 Å². The van der Waals surface area contributed by atoms with Gasteiger partial charge in [-0.1, -0.05) is 18.2 Å².